The Morgan fingerprint density at radius 3 is 2.50 bits per heavy atom. The van der Waals surface area contributed by atoms with E-state index >= 15 is 0 Å². The van der Waals surface area contributed by atoms with Crippen molar-refractivity contribution in [1.29, 1.82) is 0 Å². The van der Waals surface area contributed by atoms with E-state index in [0.29, 0.717) is 13.0 Å². The van der Waals surface area contributed by atoms with Gasteiger partial charge in [0.25, 0.3) is 11.6 Å². The third kappa shape index (κ3) is 4.69. The summed E-state index contributed by atoms with van der Waals surface area (Å²) in [5, 5.41) is 13.9. The van der Waals surface area contributed by atoms with Gasteiger partial charge in [-0.2, -0.15) is 0 Å². The number of benzene rings is 2. The molecule has 0 saturated heterocycles. The SMILES string of the molecule is CCOc1cc(C(=O)NCCc2ccc(F)cc2)c([N+](=O)[O-])cc1OC. The molecule has 0 atom stereocenters. The smallest absolute Gasteiger partial charge is 0.286 e. The molecule has 1 N–H and O–H groups in total. The van der Waals surface area contributed by atoms with Crippen molar-refractivity contribution < 1.29 is 23.6 Å². The zero-order valence-electron chi connectivity index (χ0n) is 14.5. The van der Waals surface area contributed by atoms with Gasteiger partial charge >= 0.3 is 0 Å². The molecule has 0 heterocycles. The number of amides is 1. The molecule has 0 radical (unpaired) electrons. The standard InChI is InChI=1S/C18H19FN2O5/c1-3-26-17-10-14(15(21(23)24)11-16(17)25-2)18(22)20-9-8-12-4-6-13(19)7-5-12/h4-7,10-11H,3,8-9H2,1-2H3,(H,20,22). The number of carbonyl (C=O) groups excluding carboxylic acids is 1. The Bertz CT molecular complexity index is 793. The summed E-state index contributed by atoms with van der Waals surface area (Å²) >= 11 is 0. The van der Waals surface area contributed by atoms with Gasteiger partial charge in [0.2, 0.25) is 0 Å². The van der Waals surface area contributed by atoms with Crippen LogP contribution in [-0.4, -0.2) is 31.1 Å². The fourth-order valence-electron chi connectivity index (χ4n) is 2.38. The summed E-state index contributed by atoms with van der Waals surface area (Å²) in [6.45, 7) is 2.32. The highest BCUT2D eigenvalue weighted by Gasteiger charge is 2.24. The largest absolute Gasteiger partial charge is 0.493 e. The lowest BCUT2D eigenvalue weighted by Crippen LogP contribution is -2.26. The molecule has 138 valence electrons. The third-order valence-electron chi connectivity index (χ3n) is 3.64. The monoisotopic (exact) mass is 362 g/mol. The van der Waals surface area contributed by atoms with Gasteiger partial charge in [-0.05, 0) is 31.0 Å². The van der Waals surface area contributed by atoms with Gasteiger partial charge in [0.1, 0.15) is 11.4 Å². The summed E-state index contributed by atoms with van der Waals surface area (Å²) in [6, 6.07) is 8.36. The number of carbonyl (C=O) groups is 1. The number of nitro benzene ring substituents is 1. The lowest BCUT2D eigenvalue weighted by Gasteiger charge is -2.12. The van der Waals surface area contributed by atoms with Crippen molar-refractivity contribution in [3.63, 3.8) is 0 Å². The molecule has 1 amide bonds. The minimum absolute atomic E-state index is 0.113. The van der Waals surface area contributed by atoms with Crippen molar-refractivity contribution in [2.24, 2.45) is 0 Å². The minimum atomic E-state index is -0.646. The van der Waals surface area contributed by atoms with Crippen LogP contribution in [0.5, 0.6) is 11.5 Å². The van der Waals surface area contributed by atoms with Crippen LogP contribution in [0.3, 0.4) is 0 Å². The van der Waals surface area contributed by atoms with Crippen LogP contribution < -0.4 is 14.8 Å². The fraction of sp³-hybridized carbons (Fsp3) is 0.278. The van der Waals surface area contributed by atoms with Gasteiger partial charge in [-0.15, -0.1) is 0 Å². The van der Waals surface area contributed by atoms with Crippen molar-refractivity contribution >= 4 is 11.6 Å². The predicted molar refractivity (Wildman–Crippen MR) is 93.3 cm³/mol. The number of ether oxygens (including phenoxy) is 2. The molecule has 0 aromatic heterocycles. The fourth-order valence-corrected chi connectivity index (χ4v) is 2.38. The second kappa shape index (κ2) is 8.80. The van der Waals surface area contributed by atoms with Crippen molar-refractivity contribution in [3.8, 4) is 11.5 Å². The van der Waals surface area contributed by atoms with Crippen LogP contribution >= 0.6 is 0 Å². The molecule has 0 aliphatic rings. The number of hydrogen-bond acceptors (Lipinski definition) is 5. The Kier molecular flexibility index (Phi) is 6.48. The Hall–Kier alpha value is -3.16. The Morgan fingerprint density at radius 2 is 1.92 bits per heavy atom. The van der Waals surface area contributed by atoms with Crippen LogP contribution in [-0.2, 0) is 6.42 Å². The van der Waals surface area contributed by atoms with E-state index in [1.165, 1.54) is 31.4 Å². The Labute approximate surface area is 149 Å². The van der Waals surface area contributed by atoms with E-state index in [0.717, 1.165) is 5.56 Å². The molecule has 0 fully saturated rings. The van der Waals surface area contributed by atoms with Crippen molar-refractivity contribution in [1.82, 2.24) is 5.32 Å². The summed E-state index contributed by atoms with van der Waals surface area (Å²) < 4.78 is 23.3. The topological polar surface area (TPSA) is 90.7 Å². The molecule has 0 aliphatic heterocycles. The number of nitrogens with zero attached hydrogens (tertiary/aromatic N) is 1. The van der Waals surface area contributed by atoms with Crippen LogP contribution in [0.25, 0.3) is 0 Å². The van der Waals surface area contributed by atoms with E-state index in [9.17, 15) is 19.3 Å². The first-order valence-corrected chi connectivity index (χ1v) is 7.98. The van der Waals surface area contributed by atoms with Gasteiger partial charge in [-0.3, -0.25) is 14.9 Å². The maximum Gasteiger partial charge on any atom is 0.286 e. The molecule has 0 bridgehead atoms. The van der Waals surface area contributed by atoms with Crippen LogP contribution in [0.15, 0.2) is 36.4 Å². The first-order valence-electron chi connectivity index (χ1n) is 7.98. The zero-order chi connectivity index (χ0) is 19.1. The van der Waals surface area contributed by atoms with E-state index in [1.54, 1.807) is 19.1 Å². The number of rotatable bonds is 8. The molecule has 0 saturated carbocycles. The summed E-state index contributed by atoms with van der Waals surface area (Å²) in [4.78, 5) is 23.0. The van der Waals surface area contributed by atoms with E-state index in [-0.39, 0.29) is 35.1 Å². The van der Waals surface area contributed by atoms with E-state index in [4.69, 9.17) is 9.47 Å². The van der Waals surface area contributed by atoms with Gasteiger partial charge in [0, 0.05) is 12.6 Å². The number of halogens is 1. The van der Waals surface area contributed by atoms with Gasteiger partial charge in [0.05, 0.1) is 24.7 Å². The highest BCUT2D eigenvalue weighted by atomic mass is 19.1. The number of hydrogen-bond donors (Lipinski definition) is 1. The molecule has 0 spiro atoms. The van der Waals surface area contributed by atoms with Gasteiger partial charge in [-0.1, -0.05) is 12.1 Å². The van der Waals surface area contributed by atoms with Gasteiger partial charge in [0.15, 0.2) is 11.5 Å². The highest BCUT2D eigenvalue weighted by Crippen LogP contribution is 2.34. The van der Waals surface area contributed by atoms with Gasteiger partial charge in [-0.25, -0.2) is 4.39 Å². The molecule has 2 aromatic rings. The van der Waals surface area contributed by atoms with Crippen LogP contribution in [0.1, 0.15) is 22.8 Å². The average Bonchev–Trinajstić information content (AvgIpc) is 2.63. The molecule has 8 heteroatoms. The summed E-state index contributed by atoms with van der Waals surface area (Å²) in [6.07, 6.45) is 0.467. The second-order valence-electron chi connectivity index (χ2n) is 5.34. The molecular weight excluding hydrogens is 343 g/mol. The second-order valence-corrected chi connectivity index (χ2v) is 5.34. The number of nitro groups is 1. The van der Waals surface area contributed by atoms with Crippen LogP contribution in [0.4, 0.5) is 10.1 Å². The first-order chi connectivity index (χ1) is 12.5. The summed E-state index contributed by atoms with van der Waals surface area (Å²) in [5.41, 5.74) is 0.355. The van der Waals surface area contributed by atoms with E-state index in [2.05, 4.69) is 5.32 Å². The quantitative estimate of drug-likeness (QED) is 0.575. The predicted octanol–water partition coefficient (Wildman–Crippen LogP) is 3.11. The Balaban J connectivity index is 2.16. The minimum Gasteiger partial charge on any atom is -0.493 e. The molecule has 0 aliphatic carbocycles. The molecule has 2 aromatic carbocycles. The molecular formula is C18H19FN2O5. The number of nitrogens with one attached hydrogen (secondary N) is 1. The first kappa shape index (κ1) is 19.2. The van der Waals surface area contributed by atoms with Crippen LogP contribution in [0.2, 0.25) is 0 Å². The van der Waals surface area contributed by atoms with Crippen molar-refractivity contribution in [3.05, 3.63) is 63.5 Å². The molecule has 2 rings (SSSR count). The Morgan fingerprint density at radius 1 is 1.23 bits per heavy atom. The van der Waals surface area contributed by atoms with Gasteiger partial charge < -0.3 is 14.8 Å². The average molecular weight is 362 g/mol. The third-order valence-corrected chi connectivity index (χ3v) is 3.64. The van der Waals surface area contributed by atoms with E-state index < -0.39 is 10.8 Å². The molecule has 0 unspecified atom stereocenters. The zero-order valence-corrected chi connectivity index (χ0v) is 14.5. The number of methoxy groups -OCH3 is 1. The molecule has 7 nitrogen and oxygen atoms in total. The lowest BCUT2D eigenvalue weighted by atomic mass is 10.1. The lowest BCUT2D eigenvalue weighted by molar-refractivity contribution is -0.385. The van der Waals surface area contributed by atoms with Crippen LogP contribution in [0, 0.1) is 15.9 Å². The maximum absolute atomic E-state index is 12.9. The van der Waals surface area contributed by atoms with E-state index in [1.807, 2.05) is 0 Å². The maximum atomic E-state index is 12.9. The summed E-state index contributed by atoms with van der Waals surface area (Å²) in [5.74, 6) is -0.497. The summed E-state index contributed by atoms with van der Waals surface area (Å²) in [7, 11) is 1.37. The highest BCUT2D eigenvalue weighted by molar-refractivity contribution is 5.99. The molecule has 26 heavy (non-hydrogen) atoms. The van der Waals surface area contributed by atoms with Crippen molar-refractivity contribution in [2.45, 2.75) is 13.3 Å². The normalized spacial score (nSPS) is 10.3. The van der Waals surface area contributed by atoms with Crippen molar-refractivity contribution in [2.75, 3.05) is 20.3 Å².